The van der Waals surface area contributed by atoms with Crippen LogP contribution in [0.15, 0.2) is 54.6 Å². The first-order chi connectivity index (χ1) is 11.7. The number of hydrogen-bond donors (Lipinski definition) is 2. The van der Waals surface area contributed by atoms with E-state index in [1.165, 1.54) is 30.3 Å². The van der Waals surface area contributed by atoms with Gasteiger partial charge in [0.05, 0.1) is 11.5 Å². The summed E-state index contributed by atoms with van der Waals surface area (Å²) in [4.78, 5) is 22.2. The third kappa shape index (κ3) is 3.77. The average molecular weight is 354 g/mol. The maximum Gasteiger partial charge on any atom is 0.423 e. The number of carbonyl (C=O) groups is 1. The Labute approximate surface area is 140 Å². The zero-order chi connectivity index (χ0) is 18.7. The summed E-state index contributed by atoms with van der Waals surface area (Å²) in [5.41, 5.74) is -4.72. The predicted molar refractivity (Wildman–Crippen MR) is 81.8 cm³/mol. The SMILES string of the molecule is O=C(NCC(O)(c1ccccc1)C(F)(F)F)c1ccccc1[N+](=O)[O-]. The Morgan fingerprint density at radius 2 is 1.64 bits per heavy atom. The van der Waals surface area contributed by atoms with Crippen molar-refractivity contribution in [2.75, 3.05) is 6.54 Å². The van der Waals surface area contributed by atoms with E-state index < -0.39 is 46.0 Å². The molecular formula is C16H13F3N2O4. The lowest BCUT2D eigenvalue weighted by atomic mass is 9.93. The predicted octanol–water partition coefficient (Wildman–Crippen LogP) is 2.77. The monoisotopic (exact) mass is 354 g/mol. The first kappa shape index (κ1) is 18.4. The molecule has 0 aromatic heterocycles. The molecule has 0 bridgehead atoms. The number of para-hydroxylation sites is 1. The minimum absolute atomic E-state index is 0.398. The second-order valence-corrected chi connectivity index (χ2v) is 5.18. The fourth-order valence-corrected chi connectivity index (χ4v) is 2.21. The number of nitrogens with one attached hydrogen (secondary N) is 1. The van der Waals surface area contributed by atoms with Crippen LogP contribution in [0.25, 0.3) is 0 Å². The maximum atomic E-state index is 13.3. The quantitative estimate of drug-likeness (QED) is 0.638. The molecule has 9 heteroatoms. The molecule has 0 fully saturated rings. The molecule has 6 nitrogen and oxygen atoms in total. The standard InChI is InChI=1S/C16H13F3N2O4/c17-16(18,19)15(23,11-6-2-1-3-7-11)10-20-14(22)12-8-4-5-9-13(12)21(24)25/h1-9,23H,10H2,(H,20,22). The Morgan fingerprint density at radius 1 is 1.08 bits per heavy atom. The van der Waals surface area contributed by atoms with E-state index >= 15 is 0 Å². The number of alkyl halides is 3. The summed E-state index contributed by atoms with van der Waals surface area (Å²) in [6.45, 7) is -1.19. The number of hydrogen-bond acceptors (Lipinski definition) is 4. The molecular weight excluding hydrogens is 341 g/mol. The minimum Gasteiger partial charge on any atom is -0.375 e. The molecule has 0 aliphatic heterocycles. The molecule has 0 saturated carbocycles. The highest BCUT2D eigenvalue weighted by atomic mass is 19.4. The minimum atomic E-state index is -5.07. The van der Waals surface area contributed by atoms with Crippen molar-refractivity contribution in [1.29, 1.82) is 0 Å². The lowest BCUT2D eigenvalue weighted by molar-refractivity contribution is -0.385. The third-order valence-corrected chi connectivity index (χ3v) is 3.57. The number of aliphatic hydroxyl groups is 1. The van der Waals surface area contributed by atoms with Gasteiger partial charge in [0.15, 0.2) is 0 Å². The van der Waals surface area contributed by atoms with E-state index in [9.17, 15) is 33.2 Å². The lowest BCUT2D eigenvalue weighted by Crippen LogP contribution is -2.51. The largest absolute Gasteiger partial charge is 0.423 e. The zero-order valence-electron chi connectivity index (χ0n) is 12.7. The van der Waals surface area contributed by atoms with E-state index in [4.69, 9.17) is 0 Å². The smallest absolute Gasteiger partial charge is 0.375 e. The van der Waals surface area contributed by atoms with Gasteiger partial charge < -0.3 is 10.4 Å². The Kier molecular flexibility index (Phi) is 5.07. The van der Waals surface area contributed by atoms with Gasteiger partial charge in [-0.05, 0) is 11.6 Å². The van der Waals surface area contributed by atoms with Crippen molar-refractivity contribution in [2.24, 2.45) is 0 Å². The van der Waals surface area contributed by atoms with E-state index in [0.717, 1.165) is 24.3 Å². The summed E-state index contributed by atoms with van der Waals surface area (Å²) in [5.74, 6) is -1.09. The molecule has 2 rings (SSSR count). The molecule has 2 aromatic carbocycles. The highest BCUT2D eigenvalue weighted by Crippen LogP contribution is 2.38. The zero-order valence-corrected chi connectivity index (χ0v) is 12.7. The van der Waals surface area contributed by atoms with Crippen LogP contribution in [0.2, 0.25) is 0 Å². The molecule has 25 heavy (non-hydrogen) atoms. The van der Waals surface area contributed by atoms with Crippen molar-refractivity contribution in [3.63, 3.8) is 0 Å². The van der Waals surface area contributed by atoms with Crippen molar-refractivity contribution in [3.05, 3.63) is 75.8 Å². The first-order valence-electron chi connectivity index (χ1n) is 7.03. The van der Waals surface area contributed by atoms with Crippen LogP contribution in [0.5, 0.6) is 0 Å². The van der Waals surface area contributed by atoms with E-state index in [0.29, 0.717) is 0 Å². The van der Waals surface area contributed by atoms with Crippen molar-refractivity contribution < 1.29 is 28.0 Å². The van der Waals surface area contributed by atoms with Crippen LogP contribution in [0.4, 0.5) is 18.9 Å². The highest BCUT2D eigenvalue weighted by Gasteiger charge is 2.55. The van der Waals surface area contributed by atoms with Crippen LogP contribution in [0.1, 0.15) is 15.9 Å². The first-order valence-corrected chi connectivity index (χ1v) is 7.03. The van der Waals surface area contributed by atoms with Crippen LogP contribution in [-0.4, -0.2) is 28.7 Å². The second kappa shape index (κ2) is 6.89. The van der Waals surface area contributed by atoms with Gasteiger partial charge in [-0.1, -0.05) is 42.5 Å². The van der Waals surface area contributed by atoms with E-state index in [2.05, 4.69) is 0 Å². The summed E-state index contributed by atoms with van der Waals surface area (Å²) >= 11 is 0. The summed E-state index contributed by atoms with van der Waals surface area (Å²) in [6.07, 6.45) is -5.07. The van der Waals surface area contributed by atoms with Crippen molar-refractivity contribution >= 4 is 11.6 Å². The number of rotatable bonds is 5. The van der Waals surface area contributed by atoms with Gasteiger partial charge >= 0.3 is 6.18 Å². The van der Waals surface area contributed by atoms with Crippen molar-refractivity contribution in [1.82, 2.24) is 5.32 Å². The number of nitro groups is 1. The lowest BCUT2D eigenvalue weighted by Gasteiger charge is -2.31. The Balaban J connectivity index is 2.28. The molecule has 0 heterocycles. The number of nitrogens with zero attached hydrogens (tertiary/aromatic N) is 1. The van der Waals surface area contributed by atoms with Crippen LogP contribution < -0.4 is 5.32 Å². The Hall–Kier alpha value is -2.94. The third-order valence-electron chi connectivity index (χ3n) is 3.57. The molecule has 0 spiro atoms. The number of benzene rings is 2. The summed E-state index contributed by atoms with van der Waals surface area (Å²) in [5, 5.41) is 23.0. The van der Waals surface area contributed by atoms with Gasteiger partial charge in [0, 0.05) is 6.07 Å². The summed E-state index contributed by atoms with van der Waals surface area (Å²) < 4.78 is 40.0. The van der Waals surface area contributed by atoms with Crippen LogP contribution in [0.3, 0.4) is 0 Å². The van der Waals surface area contributed by atoms with Crippen LogP contribution in [-0.2, 0) is 5.60 Å². The van der Waals surface area contributed by atoms with Gasteiger partial charge in [0.25, 0.3) is 11.6 Å². The van der Waals surface area contributed by atoms with E-state index in [1.54, 1.807) is 0 Å². The van der Waals surface area contributed by atoms with Gasteiger partial charge in [-0.3, -0.25) is 14.9 Å². The van der Waals surface area contributed by atoms with Crippen LogP contribution >= 0.6 is 0 Å². The van der Waals surface area contributed by atoms with Gasteiger partial charge in [-0.2, -0.15) is 13.2 Å². The molecule has 2 N–H and O–H groups in total. The Bertz CT molecular complexity index is 780. The number of carbonyl (C=O) groups excluding carboxylic acids is 1. The van der Waals surface area contributed by atoms with E-state index in [1.807, 2.05) is 5.32 Å². The molecule has 0 saturated heterocycles. The topological polar surface area (TPSA) is 92.5 Å². The highest BCUT2D eigenvalue weighted by molar-refractivity contribution is 5.98. The summed E-state index contributed by atoms with van der Waals surface area (Å²) in [6, 6.07) is 11.1. The maximum absolute atomic E-state index is 13.3. The molecule has 132 valence electrons. The molecule has 1 amide bonds. The molecule has 0 aliphatic rings. The fourth-order valence-electron chi connectivity index (χ4n) is 2.21. The van der Waals surface area contributed by atoms with E-state index in [-0.39, 0.29) is 0 Å². The second-order valence-electron chi connectivity index (χ2n) is 5.18. The Morgan fingerprint density at radius 3 is 2.20 bits per heavy atom. The van der Waals surface area contributed by atoms with Crippen molar-refractivity contribution in [3.8, 4) is 0 Å². The summed E-state index contributed by atoms with van der Waals surface area (Å²) in [7, 11) is 0. The van der Waals surface area contributed by atoms with Crippen molar-refractivity contribution in [2.45, 2.75) is 11.8 Å². The van der Waals surface area contributed by atoms with Gasteiger partial charge in [-0.25, -0.2) is 0 Å². The van der Waals surface area contributed by atoms with Gasteiger partial charge in [0.2, 0.25) is 5.60 Å². The molecule has 0 aliphatic carbocycles. The molecule has 1 atom stereocenters. The number of nitro benzene ring substituents is 1. The number of amides is 1. The van der Waals surface area contributed by atoms with Gasteiger partial charge in [-0.15, -0.1) is 0 Å². The molecule has 1 unspecified atom stereocenters. The van der Waals surface area contributed by atoms with Crippen LogP contribution in [0, 0.1) is 10.1 Å². The fraction of sp³-hybridized carbons (Fsp3) is 0.188. The average Bonchev–Trinajstić information content (AvgIpc) is 2.59. The van der Waals surface area contributed by atoms with Gasteiger partial charge in [0.1, 0.15) is 5.56 Å². The molecule has 2 aromatic rings. The molecule has 0 radical (unpaired) electrons. The number of halogens is 3. The normalized spacial score (nSPS) is 13.8.